The van der Waals surface area contributed by atoms with E-state index in [9.17, 15) is 4.79 Å². The number of carboxylic acids is 1. The molecule has 15 heavy (non-hydrogen) atoms. The maximum atomic E-state index is 10.8. The summed E-state index contributed by atoms with van der Waals surface area (Å²) in [5.74, 6) is -0.911. The maximum Gasteiger partial charge on any atom is 0.307 e. The van der Waals surface area contributed by atoms with E-state index in [1.165, 1.54) is 25.7 Å². The zero-order valence-electron chi connectivity index (χ0n) is 9.91. The van der Waals surface area contributed by atoms with E-state index in [1.54, 1.807) is 6.92 Å². The highest BCUT2D eigenvalue weighted by Crippen LogP contribution is 2.20. The van der Waals surface area contributed by atoms with E-state index in [0.717, 1.165) is 13.0 Å². The summed E-state index contributed by atoms with van der Waals surface area (Å²) in [5.41, 5.74) is 0. The Morgan fingerprint density at radius 1 is 1.47 bits per heavy atom. The molecule has 1 heterocycles. The minimum Gasteiger partial charge on any atom is -0.481 e. The van der Waals surface area contributed by atoms with Crippen molar-refractivity contribution < 1.29 is 9.90 Å². The third kappa shape index (κ3) is 3.82. The van der Waals surface area contributed by atoms with Crippen LogP contribution in [-0.2, 0) is 4.79 Å². The van der Waals surface area contributed by atoms with Crippen molar-refractivity contribution in [3.63, 3.8) is 0 Å². The van der Waals surface area contributed by atoms with Crippen molar-refractivity contribution in [3.05, 3.63) is 0 Å². The molecule has 0 aromatic heterocycles. The van der Waals surface area contributed by atoms with Gasteiger partial charge in [-0.15, -0.1) is 0 Å². The second-order valence-corrected chi connectivity index (χ2v) is 4.65. The summed E-state index contributed by atoms with van der Waals surface area (Å²) >= 11 is 0. The van der Waals surface area contributed by atoms with Gasteiger partial charge in [-0.25, -0.2) is 0 Å². The van der Waals surface area contributed by atoms with Gasteiger partial charge in [-0.05, 0) is 25.8 Å². The maximum absolute atomic E-state index is 10.8. The Morgan fingerprint density at radius 3 is 2.80 bits per heavy atom. The van der Waals surface area contributed by atoms with E-state index in [0.29, 0.717) is 12.6 Å². The lowest BCUT2D eigenvalue weighted by molar-refractivity contribution is -0.141. The van der Waals surface area contributed by atoms with Gasteiger partial charge in [0.15, 0.2) is 0 Å². The molecule has 1 aliphatic rings. The van der Waals surface area contributed by atoms with Gasteiger partial charge in [0.2, 0.25) is 0 Å². The zero-order chi connectivity index (χ0) is 11.3. The first-order valence-electron chi connectivity index (χ1n) is 6.12. The van der Waals surface area contributed by atoms with Crippen LogP contribution < -0.4 is 0 Å². The lowest BCUT2D eigenvalue weighted by Gasteiger charge is -2.30. The van der Waals surface area contributed by atoms with Crippen molar-refractivity contribution in [2.24, 2.45) is 5.92 Å². The van der Waals surface area contributed by atoms with E-state index in [2.05, 4.69) is 11.8 Å². The third-order valence-corrected chi connectivity index (χ3v) is 3.40. The van der Waals surface area contributed by atoms with Crippen LogP contribution >= 0.6 is 0 Å². The fraction of sp³-hybridized carbons (Fsp3) is 0.917. The molecule has 1 fully saturated rings. The Morgan fingerprint density at radius 2 is 2.20 bits per heavy atom. The average molecular weight is 213 g/mol. The van der Waals surface area contributed by atoms with Gasteiger partial charge in [0, 0.05) is 12.6 Å². The summed E-state index contributed by atoms with van der Waals surface area (Å²) in [6, 6.07) is 0.606. The Hall–Kier alpha value is -0.570. The number of carbonyl (C=O) groups is 1. The van der Waals surface area contributed by atoms with Crippen LogP contribution in [-0.4, -0.2) is 35.1 Å². The van der Waals surface area contributed by atoms with Crippen molar-refractivity contribution in [2.45, 2.75) is 52.0 Å². The molecule has 0 spiro atoms. The number of hydrogen-bond acceptors (Lipinski definition) is 2. The van der Waals surface area contributed by atoms with Crippen LogP contribution in [0.1, 0.15) is 46.0 Å². The van der Waals surface area contributed by atoms with E-state index in [-0.39, 0.29) is 5.92 Å². The summed E-state index contributed by atoms with van der Waals surface area (Å²) in [4.78, 5) is 13.2. The topological polar surface area (TPSA) is 40.5 Å². The molecule has 0 aromatic carbocycles. The van der Waals surface area contributed by atoms with Crippen LogP contribution in [0.4, 0.5) is 0 Å². The Balaban J connectivity index is 2.51. The summed E-state index contributed by atoms with van der Waals surface area (Å²) in [7, 11) is 0. The molecule has 1 aliphatic heterocycles. The molecule has 3 nitrogen and oxygen atoms in total. The summed E-state index contributed by atoms with van der Waals surface area (Å²) in [6.07, 6.45) is 6.21. The molecule has 0 saturated carbocycles. The van der Waals surface area contributed by atoms with Gasteiger partial charge in [-0.3, -0.25) is 9.69 Å². The van der Waals surface area contributed by atoms with Crippen molar-refractivity contribution in [1.82, 2.24) is 4.90 Å². The van der Waals surface area contributed by atoms with Crippen LogP contribution in [0, 0.1) is 5.92 Å². The summed E-state index contributed by atoms with van der Waals surface area (Å²) in [5, 5.41) is 8.92. The molecule has 1 saturated heterocycles. The van der Waals surface area contributed by atoms with E-state index in [1.807, 2.05) is 0 Å². The Kier molecular flexibility index (Phi) is 5.09. The predicted molar refractivity (Wildman–Crippen MR) is 60.9 cm³/mol. The second kappa shape index (κ2) is 6.11. The fourth-order valence-corrected chi connectivity index (χ4v) is 2.37. The fourth-order valence-electron chi connectivity index (χ4n) is 2.37. The molecular formula is C12H23NO2. The molecule has 1 N–H and O–H groups in total. The van der Waals surface area contributed by atoms with Gasteiger partial charge in [0.25, 0.3) is 0 Å². The number of rotatable bonds is 4. The highest BCUT2D eigenvalue weighted by molar-refractivity contribution is 5.69. The van der Waals surface area contributed by atoms with E-state index >= 15 is 0 Å². The number of likely N-dealkylation sites (tertiary alicyclic amines) is 1. The monoisotopic (exact) mass is 213 g/mol. The van der Waals surface area contributed by atoms with Crippen molar-refractivity contribution in [2.75, 3.05) is 13.1 Å². The van der Waals surface area contributed by atoms with Crippen molar-refractivity contribution >= 4 is 5.97 Å². The van der Waals surface area contributed by atoms with Gasteiger partial charge in [0.05, 0.1) is 5.92 Å². The molecule has 0 aromatic rings. The smallest absolute Gasteiger partial charge is 0.307 e. The molecule has 0 aliphatic carbocycles. The van der Waals surface area contributed by atoms with E-state index < -0.39 is 5.97 Å². The first-order chi connectivity index (χ1) is 7.15. The molecule has 3 heteroatoms. The van der Waals surface area contributed by atoms with Crippen LogP contribution in [0.25, 0.3) is 0 Å². The minimum absolute atomic E-state index is 0.239. The number of nitrogens with zero attached hydrogens (tertiary/aromatic N) is 1. The van der Waals surface area contributed by atoms with Crippen LogP contribution in [0.2, 0.25) is 0 Å². The lowest BCUT2D eigenvalue weighted by atomic mass is 10.1. The number of aliphatic carboxylic acids is 1. The number of carboxylic acid groups (broad SMARTS) is 1. The molecule has 0 amide bonds. The standard InChI is InChI=1S/C12H23NO2/c1-3-11-7-5-4-6-8-13(11)9-10(2)12(14)15/h10-11H,3-9H2,1-2H3,(H,14,15). The largest absolute Gasteiger partial charge is 0.481 e. The zero-order valence-corrected chi connectivity index (χ0v) is 9.91. The van der Waals surface area contributed by atoms with Gasteiger partial charge < -0.3 is 5.11 Å². The molecule has 0 bridgehead atoms. The minimum atomic E-state index is -0.672. The quantitative estimate of drug-likeness (QED) is 0.779. The molecular weight excluding hydrogens is 190 g/mol. The first kappa shape index (κ1) is 12.5. The van der Waals surface area contributed by atoms with Gasteiger partial charge in [0.1, 0.15) is 0 Å². The highest BCUT2D eigenvalue weighted by atomic mass is 16.4. The van der Waals surface area contributed by atoms with Gasteiger partial charge >= 0.3 is 5.97 Å². The molecule has 2 unspecified atom stereocenters. The third-order valence-electron chi connectivity index (χ3n) is 3.40. The molecule has 0 radical (unpaired) electrons. The molecule has 2 atom stereocenters. The Labute approximate surface area is 92.5 Å². The van der Waals surface area contributed by atoms with Crippen LogP contribution in [0.15, 0.2) is 0 Å². The van der Waals surface area contributed by atoms with E-state index in [4.69, 9.17) is 5.11 Å². The normalized spacial score (nSPS) is 25.9. The Bertz CT molecular complexity index is 206. The predicted octanol–water partition coefficient (Wildman–Crippen LogP) is 2.36. The highest BCUT2D eigenvalue weighted by Gasteiger charge is 2.23. The number of hydrogen-bond donors (Lipinski definition) is 1. The van der Waals surface area contributed by atoms with Gasteiger partial charge in [-0.1, -0.05) is 26.7 Å². The molecule has 1 rings (SSSR count). The van der Waals surface area contributed by atoms with Crippen LogP contribution in [0.5, 0.6) is 0 Å². The average Bonchev–Trinajstić information content (AvgIpc) is 2.42. The van der Waals surface area contributed by atoms with Crippen molar-refractivity contribution in [1.29, 1.82) is 0 Å². The molecule has 88 valence electrons. The summed E-state index contributed by atoms with van der Waals surface area (Å²) in [6.45, 7) is 5.80. The lowest BCUT2D eigenvalue weighted by Crippen LogP contribution is -2.39. The second-order valence-electron chi connectivity index (χ2n) is 4.65. The SMILES string of the molecule is CCC1CCCCCN1CC(C)C(=O)O. The van der Waals surface area contributed by atoms with Crippen LogP contribution in [0.3, 0.4) is 0 Å². The first-order valence-corrected chi connectivity index (χ1v) is 6.12. The summed E-state index contributed by atoms with van der Waals surface area (Å²) < 4.78 is 0. The van der Waals surface area contributed by atoms with Crippen molar-refractivity contribution in [3.8, 4) is 0 Å². The van der Waals surface area contributed by atoms with Gasteiger partial charge in [-0.2, -0.15) is 0 Å².